The van der Waals surface area contributed by atoms with Crippen molar-refractivity contribution < 1.29 is 28.4 Å². The van der Waals surface area contributed by atoms with Gasteiger partial charge in [-0.15, -0.1) is 0 Å². The summed E-state index contributed by atoms with van der Waals surface area (Å²) in [6.45, 7) is 0. The first-order valence-electron chi connectivity index (χ1n) is 22.8. The van der Waals surface area contributed by atoms with E-state index < -0.39 is 0 Å². The van der Waals surface area contributed by atoms with E-state index in [1.807, 2.05) is 72.8 Å². The Balaban J connectivity index is 1.20. The Kier molecular flexibility index (Phi) is 12.6. The van der Waals surface area contributed by atoms with E-state index in [0.717, 1.165) is 113 Å². The van der Waals surface area contributed by atoms with Gasteiger partial charge in [0.05, 0.1) is 53.7 Å². The average Bonchev–Trinajstić information content (AvgIpc) is 3.75. The lowest BCUT2D eigenvalue weighted by molar-refractivity contribution is 0.414. The van der Waals surface area contributed by atoms with Gasteiger partial charge in [-0.05, 0) is 200 Å². The quantitative estimate of drug-likeness (QED) is 0.0942. The Bertz CT molecular complexity index is 3080. The summed E-state index contributed by atoms with van der Waals surface area (Å²) in [7, 11) is 10.1. The average molecular weight is 925 g/mol. The topological polar surface area (TPSA) is 70.0 Å². The van der Waals surface area contributed by atoms with Gasteiger partial charge in [-0.2, -0.15) is 0 Å². The van der Waals surface area contributed by atoms with Crippen molar-refractivity contribution in [1.82, 2.24) is 4.57 Å². The molecule has 0 saturated carbocycles. The summed E-state index contributed by atoms with van der Waals surface area (Å²) in [6, 6.07) is 70.9. The van der Waals surface area contributed by atoms with E-state index in [4.69, 9.17) is 28.4 Å². The normalized spacial score (nSPS) is 11.0. The fraction of sp³-hybridized carbons (Fsp3) is 0.100. The lowest BCUT2D eigenvalue weighted by Crippen LogP contribution is -2.10. The van der Waals surface area contributed by atoms with Crippen LogP contribution in [0, 0.1) is 0 Å². The van der Waals surface area contributed by atoms with E-state index >= 15 is 0 Å². The molecule has 1 aromatic heterocycles. The van der Waals surface area contributed by atoms with Gasteiger partial charge in [0.1, 0.15) is 34.5 Å². The van der Waals surface area contributed by atoms with Gasteiger partial charge in [-0.3, -0.25) is 0 Å². The first-order chi connectivity index (χ1) is 34.4. The summed E-state index contributed by atoms with van der Waals surface area (Å²) in [5.74, 6) is 4.69. The molecule has 10 rings (SSSR count). The number of rotatable bonds is 16. The Morgan fingerprint density at radius 1 is 0.257 bits per heavy atom. The molecular formula is C60H52N4O6. The van der Waals surface area contributed by atoms with E-state index in [2.05, 4.69) is 153 Å². The highest BCUT2D eigenvalue weighted by atomic mass is 16.5. The summed E-state index contributed by atoms with van der Waals surface area (Å²) in [5, 5.41) is 2.14. The fourth-order valence-electron chi connectivity index (χ4n) is 9.06. The first-order valence-corrected chi connectivity index (χ1v) is 22.8. The fourth-order valence-corrected chi connectivity index (χ4v) is 9.06. The zero-order valence-corrected chi connectivity index (χ0v) is 39.9. The lowest BCUT2D eigenvalue weighted by atomic mass is 10.1. The maximum atomic E-state index is 5.58. The van der Waals surface area contributed by atoms with Gasteiger partial charge < -0.3 is 47.7 Å². The molecular weight excluding hydrogens is 873 g/mol. The summed E-state index contributed by atoms with van der Waals surface area (Å²) < 4.78 is 35.8. The molecule has 10 heteroatoms. The lowest BCUT2D eigenvalue weighted by Gasteiger charge is -2.27. The van der Waals surface area contributed by atoms with Crippen LogP contribution < -0.4 is 43.1 Å². The van der Waals surface area contributed by atoms with Gasteiger partial charge in [-0.1, -0.05) is 6.07 Å². The standard InChI is InChI=1S/C60H52N4O6/c1-65-51-24-10-41(11-25-51)61(42-12-26-52(66-2)27-13-42)47-8-7-9-48(38-47)64-59-36-22-49(62(43-14-28-53(67-3)29-15-43)44-16-30-54(68-4)31-17-44)39-57(59)58-40-50(23-37-60(58)64)63(45-18-32-55(69-5)33-19-45)46-20-34-56(70-6)35-21-46/h7-40H,1-6H3. The van der Waals surface area contributed by atoms with Crippen molar-refractivity contribution in [1.29, 1.82) is 0 Å². The summed E-state index contributed by atoms with van der Waals surface area (Å²) >= 11 is 0. The van der Waals surface area contributed by atoms with Gasteiger partial charge in [0.2, 0.25) is 0 Å². The van der Waals surface area contributed by atoms with Crippen LogP contribution >= 0.6 is 0 Å². The number of hydrogen-bond acceptors (Lipinski definition) is 9. The second kappa shape index (κ2) is 19.7. The number of fused-ring (bicyclic) bond motifs is 3. The SMILES string of the molecule is COc1ccc(N(c2ccc(OC)cc2)c2cccc(-n3c4ccc(N(c5ccc(OC)cc5)c5ccc(OC)cc5)cc4c4cc(N(c5ccc(OC)cc5)c5ccc(OC)cc5)ccc43)c2)cc1. The third kappa shape index (κ3) is 8.70. The Morgan fingerprint density at radius 3 is 0.757 bits per heavy atom. The van der Waals surface area contributed by atoms with Crippen LogP contribution in [0.25, 0.3) is 27.5 Å². The zero-order valence-electron chi connectivity index (χ0n) is 39.9. The van der Waals surface area contributed by atoms with Crippen molar-refractivity contribution in [3.05, 3.63) is 206 Å². The summed E-state index contributed by atoms with van der Waals surface area (Å²) in [6.07, 6.45) is 0. The Hall–Kier alpha value is -9.02. The highest BCUT2D eigenvalue weighted by molar-refractivity contribution is 6.12. The minimum absolute atomic E-state index is 0.780. The Morgan fingerprint density at radius 2 is 0.500 bits per heavy atom. The number of nitrogens with zero attached hydrogens (tertiary/aromatic N) is 4. The van der Waals surface area contributed by atoms with E-state index in [9.17, 15) is 0 Å². The minimum atomic E-state index is 0.780. The molecule has 0 amide bonds. The smallest absolute Gasteiger partial charge is 0.119 e. The van der Waals surface area contributed by atoms with Crippen molar-refractivity contribution in [3.63, 3.8) is 0 Å². The predicted molar refractivity (Wildman–Crippen MR) is 284 cm³/mol. The van der Waals surface area contributed by atoms with Crippen LogP contribution in [0.15, 0.2) is 206 Å². The predicted octanol–water partition coefficient (Wildman–Crippen LogP) is 15.2. The minimum Gasteiger partial charge on any atom is -0.497 e. The van der Waals surface area contributed by atoms with Crippen molar-refractivity contribution in [2.45, 2.75) is 0 Å². The molecule has 10 nitrogen and oxygen atoms in total. The van der Waals surface area contributed by atoms with Crippen LogP contribution in [0.1, 0.15) is 0 Å². The molecule has 0 atom stereocenters. The van der Waals surface area contributed by atoms with E-state index in [1.54, 1.807) is 42.7 Å². The monoisotopic (exact) mass is 924 g/mol. The van der Waals surface area contributed by atoms with Crippen molar-refractivity contribution in [2.75, 3.05) is 57.4 Å². The molecule has 0 radical (unpaired) electrons. The number of anilines is 9. The molecule has 0 spiro atoms. The van der Waals surface area contributed by atoms with Gasteiger partial charge in [0.25, 0.3) is 0 Å². The highest BCUT2D eigenvalue weighted by Crippen LogP contribution is 2.45. The molecule has 0 aliphatic rings. The van der Waals surface area contributed by atoms with Crippen LogP contribution in [0.2, 0.25) is 0 Å². The maximum absolute atomic E-state index is 5.58. The number of benzene rings is 9. The number of ether oxygens (including phenoxy) is 6. The number of hydrogen-bond donors (Lipinski definition) is 0. The molecule has 0 fully saturated rings. The van der Waals surface area contributed by atoms with Gasteiger partial charge in [0.15, 0.2) is 0 Å². The molecule has 0 aliphatic carbocycles. The van der Waals surface area contributed by atoms with E-state index in [1.165, 1.54) is 0 Å². The van der Waals surface area contributed by atoms with E-state index in [0.29, 0.717) is 0 Å². The van der Waals surface area contributed by atoms with Gasteiger partial charge in [0, 0.05) is 67.6 Å². The Labute approximate surface area is 408 Å². The maximum Gasteiger partial charge on any atom is 0.119 e. The highest BCUT2D eigenvalue weighted by Gasteiger charge is 2.22. The molecule has 0 saturated heterocycles. The number of methoxy groups -OCH3 is 6. The molecule has 1 heterocycles. The van der Waals surface area contributed by atoms with Crippen molar-refractivity contribution >= 4 is 73.0 Å². The molecule has 10 aromatic rings. The van der Waals surface area contributed by atoms with Gasteiger partial charge >= 0.3 is 0 Å². The van der Waals surface area contributed by atoms with Gasteiger partial charge in [-0.25, -0.2) is 0 Å². The molecule has 70 heavy (non-hydrogen) atoms. The zero-order chi connectivity index (χ0) is 48.1. The number of aromatic nitrogens is 1. The molecule has 9 aromatic carbocycles. The molecule has 0 N–H and O–H groups in total. The third-order valence-corrected chi connectivity index (χ3v) is 12.6. The molecule has 348 valence electrons. The summed E-state index contributed by atoms with van der Waals surface area (Å²) in [5.41, 5.74) is 11.9. The summed E-state index contributed by atoms with van der Waals surface area (Å²) in [4.78, 5) is 6.76. The second-order valence-electron chi connectivity index (χ2n) is 16.5. The molecule has 0 unspecified atom stereocenters. The van der Waals surface area contributed by atoms with Crippen molar-refractivity contribution in [3.8, 4) is 40.2 Å². The molecule has 0 aliphatic heterocycles. The van der Waals surface area contributed by atoms with Crippen molar-refractivity contribution in [2.24, 2.45) is 0 Å². The largest absolute Gasteiger partial charge is 0.497 e. The van der Waals surface area contributed by atoms with Crippen LogP contribution in [0.3, 0.4) is 0 Å². The van der Waals surface area contributed by atoms with Crippen LogP contribution in [-0.2, 0) is 0 Å². The first kappa shape index (κ1) is 44.8. The third-order valence-electron chi connectivity index (χ3n) is 12.6. The van der Waals surface area contributed by atoms with E-state index in [-0.39, 0.29) is 0 Å². The van der Waals surface area contributed by atoms with Crippen LogP contribution in [-0.4, -0.2) is 47.2 Å². The molecule has 0 bridgehead atoms. The second-order valence-corrected chi connectivity index (χ2v) is 16.5. The van der Waals surface area contributed by atoms with Crippen LogP contribution in [0.5, 0.6) is 34.5 Å². The van der Waals surface area contributed by atoms with Crippen LogP contribution in [0.4, 0.5) is 51.2 Å².